The standard InChI is InChI=1S/C14H20N4O2/c1-17-8-7-15-11(17)9-18-10-12(19)16-14(13(18)20)5-3-2-4-6-14/h7-8H,2-6,9-10H2,1H3,(H,16,19). The van der Waals surface area contributed by atoms with Gasteiger partial charge in [0.05, 0.1) is 6.54 Å². The summed E-state index contributed by atoms with van der Waals surface area (Å²) in [6.07, 6.45) is 8.22. The van der Waals surface area contributed by atoms with Crippen LogP contribution in [0.25, 0.3) is 0 Å². The monoisotopic (exact) mass is 276 g/mol. The molecule has 6 nitrogen and oxygen atoms in total. The first-order valence-corrected chi connectivity index (χ1v) is 7.17. The largest absolute Gasteiger partial charge is 0.340 e. The van der Waals surface area contributed by atoms with Crippen LogP contribution in [0, 0.1) is 0 Å². The summed E-state index contributed by atoms with van der Waals surface area (Å²) in [5.74, 6) is 0.805. The van der Waals surface area contributed by atoms with E-state index >= 15 is 0 Å². The number of hydrogen-bond donors (Lipinski definition) is 1. The summed E-state index contributed by atoms with van der Waals surface area (Å²) < 4.78 is 1.88. The van der Waals surface area contributed by atoms with Crippen molar-refractivity contribution in [2.75, 3.05) is 6.54 Å². The van der Waals surface area contributed by atoms with E-state index in [1.54, 1.807) is 11.1 Å². The van der Waals surface area contributed by atoms with Crippen LogP contribution in [0.3, 0.4) is 0 Å². The Labute approximate surface area is 118 Å². The molecule has 2 heterocycles. The Morgan fingerprint density at radius 1 is 1.30 bits per heavy atom. The number of nitrogens with one attached hydrogen (secondary N) is 1. The molecule has 20 heavy (non-hydrogen) atoms. The van der Waals surface area contributed by atoms with Crippen LogP contribution in [-0.4, -0.2) is 38.3 Å². The minimum atomic E-state index is -0.654. The molecule has 0 radical (unpaired) electrons. The van der Waals surface area contributed by atoms with Crippen molar-refractivity contribution in [2.45, 2.75) is 44.2 Å². The molecular formula is C14H20N4O2. The Bertz CT molecular complexity index is 531. The molecule has 6 heteroatoms. The fraction of sp³-hybridized carbons (Fsp3) is 0.643. The first kappa shape index (κ1) is 13.1. The number of amides is 2. The van der Waals surface area contributed by atoms with Gasteiger partial charge in [0.2, 0.25) is 11.8 Å². The molecule has 0 aromatic carbocycles. The molecule has 1 spiro atoms. The third-order valence-electron chi connectivity index (χ3n) is 4.37. The van der Waals surface area contributed by atoms with Crippen molar-refractivity contribution in [2.24, 2.45) is 7.05 Å². The van der Waals surface area contributed by atoms with Crippen molar-refractivity contribution < 1.29 is 9.59 Å². The fourth-order valence-electron chi connectivity index (χ4n) is 3.25. The molecule has 1 saturated carbocycles. The van der Waals surface area contributed by atoms with Crippen LogP contribution in [0.4, 0.5) is 0 Å². The molecular weight excluding hydrogens is 256 g/mol. The highest BCUT2D eigenvalue weighted by Gasteiger charge is 2.47. The minimum absolute atomic E-state index is 0.0549. The zero-order chi connectivity index (χ0) is 14.2. The first-order chi connectivity index (χ1) is 9.61. The number of nitrogens with zero attached hydrogens (tertiary/aromatic N) is 3. The molecule has 3 rings (SSSR count). The predicted octanol–water partition coefficient (Wildman–Crippen LogP) is 0.581. The Balaban J connectivity index is 1.82. The summed E-state index contributed by atoms with van der Waals surface area (Å²) in [6.45, 7) is 0.533. The minimum Gasteiger partial charge on any atom is -0.340 e. The van der Waals surface area contributed by atoms with E-state index < -0.39 is 5.54 Å². The normalized spacial score (nSPS) is 22.1. The maximum atomic E-state index is 12.8. The van der Waals surface area contributed by atoms with Gasteiger partial charge in [0.25, 0.3) is 0 Å². The van der Waals surface area contributed by atoms with Gasteiger partial charge in [0.15, 0.2) is 0 Å². The van der Waals surface area contributed by atoms with Crippen LogP contribution in [-0.2, 0) is 23.2 Å². The van der Waals surface area contributed by atoms with Crippen molar-refractivity contribution in [1.82, 2.24) is 19.8 Å². The number of imidazole rings is 1. The van der Waals surface area contributed by atoms with Gasteiger partial charge in [-0.2, -0.15) is 0 Å². The summed E-state index contributed by atoms with van der Waals surface area (Å²) in [5.41, 5.74) is -0.654. The lowest BCUT2D eigenvalue weighted by molar-refractivity contribution is -0.152. The average Bonchev–Trinajstić information content (AvgIpc) is 2.82. The van der Waals surface area contributed by atoms with E-state index in [2.05, 4.69) is 10.3 Å². The van der Waals surface area contributed by atoms with Crippen LogP contribution < -0.4 is 5.32 Å². The van der Waals surface area contributed by atoms with E-state index in [-0.39, 0.29) is 18.4 Å². The molecule has 0 bridgehead atoms. The lowest BCUT2D eigenvalue weighted by Gasteiger charge is -2.44. The summed E-state index contributed by atoms with van der Waals surface area (Å²) in [5, 5.41) is 2.95. The van der Waals surface area contributed by atoms with Gasteiger partial charge in [0.1, 0.15) is 17.9 Å². The predicted molar refractivity (Wildman–Crippen MR) is 72.6 cm³/mol. The molecule has 0 unspecified atom stereocenters. The quantitative estimate of drug-likeness (QED) is 0.859. The molecule has 1 aliphatic heterocycles. The number of aryl methyl sites for hydroxylation is 1. The second-order valence-electron chi connectivity index (χ2n) is 5.81. The Hall–Kier alpha value is -1.85. The fourth-order valence-corrected chi connectivity index (χ4v) is 3.25. The highest BCUT2D eigenvalue weighted by molar-refractivity contribution is 5.98. The van der Waals surface area contributed by atoms with E-state index in [1.165, 1.54) is 0 Å². The molecule has 0 atom stereocenters. The van der Waals surface area contributed by atoms with Crippen LogP contribution in [0.15, 0.2) is 12.4 Å². The highest BCUT2D eigenvalue weighted by atomic mass is 16.2. The van der Waals surface area contributed by atoms with E-state index in [9.17, 15) is 9.59 Å². The van der Waals surface area contributed by atoms with Crippen molar-refractivity contribution in [1.29, 1.82) is 0 Å². The van der Waals surface area contributed by atoms with Crippen LogP contribution in [0.2, 0.25) is 0 Å². The molecule has 2 aliphatic rings. The third kappa shape index (κ3) is 2.19. The van der Waals surface area contributed by atoms with Crippen molar-refractivity contribution in [3.05, 3.63) is 18.2 Å². The second-order valence-corrected chi connectivity index (χ2v) is 5.81. The Kier molecular flexibility index (Phi) is 3.23. The van der Waals surface area contributed by atoms with Crippen LogP contribution >= 0.6 is 0 Å². The molecule has 1 N–H and O–H groups in total. The second kappa shape index (κ2) is 4.92. The van der Waals surface area contributed by atoms with Gasteiger partial charge >= 0.3 is 0 Å². The van der Waals surface area contributed by atoms with Crippen molar-refractivity contribution >= 4 is 11.8 Å². The summed E-state index contributed by atoms with van der Waals surface area (Å²) in [7, 11) is 1.90. The SMILES string of the molecule is Cn1ccnc1CN1CC(=O)NC2(CCCCC2)C1=O. The molecule has 1 aromatic heterocycles. The van der Waals surface area contributed by atoms with Gasteiger partial charge in [-0.15, -0.1) is 0 Å². The number of piperazine rings is 1. The highest BCUT2D eigenvalue weighted by Crippen LogP contribution is 2.32. The topological polar surface area (TPSA) is 67.2 Å². The summed E-state index contributed by atoms with van der Waals surface area (Å²) in [4.78, 5) is 30.6. The zero-order valence-corrected chi connectivity index (χ0v) is 11.8. The lowest BCUT2D eigenvalue weighted by atomic mass is 9.79. The number of aromatic nitrogens is 2. The Morgan fingerprint density at radius 2 is 2.05 bits per heavy atom. The summed E-state index contributed by atoms with van der Waals surface area (Å²) in [6, 6.07) is 0. The number of hydrogen-bond acceptors (Lipinski definition) is 3. The van der Waals surface area contributed by atoms with Gasteiger partial charge in [-0.05, 0) is 12.8 Å². The van der Waals surface area contributed by atoms with Gasteiger partial charge in [-0.1, -0.05) is 19.3 Å². The van der Waals surface area contributed by atoms with Crippen LogP contribution in [0.1, 0.15) is 37.9 Å². The van der Waals surface area contributed by atoms with Gasteiger partial charge < -0.3 is 14.8 Å². The van der Waals surface area contributed by atoms with Gasteiger partial charge in [-0.3, -0.25) is 9.59 Å². The third-order valence-corrected chi connectivity index (χ3v) is 4.37. The number of rotatable bonds is 2. The number of carbonyl (C=O) groups is 2. The van der Waals surface area contributed by atoms with E-state index in [0.717, 1.165) is 37.9 Å². The average molecular weight is 276 g/mol. The van der Waals surface area contributed by atoms with E-state index in [0.29, 0.717) is 6.54 Å². The first-order valence-electron chi connectivity index (χ1n) is 7.17. The summed E-state index contributed by atoms with van der Waals surface area (Å²) >= 11 is 0. The van der Waals surface area contributed by atoms with E-state index in [4.69, 9.17) is 0 Å². The maximum Gasteiger partial charge on any atom is 0.249 e. The molecule has 1 aliphatic carbocycles. The molecule has 108 valence electrons. The maximum absolute atomic E-state index is 12.8. The van der Waals surface area contributed by atoms with E-state index in [1.807, 2.05) is 17.8 Å². The number of carbonyl (C=O) groups excluding carboxylic acids is 2. The molecule has 2 amide bonds. The lowest BCUT2D eigenvalue weighted by Crippen LogP contribution is -2.67. The van der Waals surface area contributed by atoms with Crippen LogP contribution in [0.5, 0.6) is 0 Å². The Morgan fingerprint density at radius 3 is 2.70 bits per heavy atom. The van der Waals surface area contributed by atoms with Crippen molar-refractivity contribution in [3.8, 4) is 0 Å². The van der Waals surface area contributed by atoms with Crippen molar-refractivity contribution in [3.63, 3.8) is 0 Å². The van der Waals surface area contributed by atoms with Gasteiger partial charge in [0, 0.05) is 19.4 Å². The zero-order valence-electron chi connectivity index (χ0n) is 11.8. The molecule has 1 aromatic rings. The molecule has 1 saturated heterocycles. The van der Waals surface area contributed by atoms with Gasteiger partial charge in [-0.25, -0.2) is 4.98 Å². The molecule has 2 fully saturated rings. The smallest absolute Gasteiger partial charge is 0.249 e.